The van der Waals surface area contributed by atoms with Gasteiger partial charge >= 0.3 is 0 Å². The highest BCUT2D eigenvalue weighted by Crippen LogP contribution is 2.42. The van der Waals surface area contributed by atoms with Crippen LogP contribution in [0.1, 0.15) is 32.9 Å². The quantitative estimate of drug-likeness (QED) is 0.143. The highest BCUT2D eigenvalue weighted by Gasteiger charge is 2.21. The van der Waals surface area contributed by atoms with Gasteiger partial charge in [0.1, 0.15) is 23.9 Å². The second-order valence-corrected chi connectivity index (χ2v) is 11.5. The summed E-state index contributed by atoms with van der Waals surface area (Å²) in [4.78, 5) is 25.1. The first-order valence-electron chi connectivity index (χ1n) is 15.5. The maximum Gasteiger partial charge on any atom is 0.298 e. The number of aryl methyl sites for hydroxylation is 3. The SMILES string of the molecule is Cc1cccc(OCc2ccc(-c3cc(OC=O)c(NC(=O)c4ccc(Oc5ccccc5)cc4)cc3-c3c(C)nn(C)c3C)cc2)c1. The van der Waals surface area contributed by atoms with Crippen molar-refractivity contribution in [3.8, 4) is 45.3 Å². The summed E-state index contributed by atoms with van der Waals surface area (Å²) in [5.41, 5.74) is 8.16. The molecule has 0 radical (unpaired) electrons. The van der Waals surface area contributed by atoms with Crippen molar-refractivity contribution in [2.75, 3.05) is 5.32 Å². The Labute approximate surface area is 279 Å². The monoisotopic (exact) mass is 637 g/mol. The van der Waals surface area contributed by atoms with Crippen LogP contribution in [0.25, 0.3) is 22.3 Å². The molecule has 6 aromatic rings. The lowest BCUT2D eigenvalue weighted by molar-refractivity contribution is -0.120. The van der Waals surface area contributed by atoms with Crippen LogP contribution in [0, 0.1) is 20.8 Å². The average molecular weight is 638 g/mol. The number of hydrogen-bond acceptors (Lipinski definition) is 6. The molecule has 1 heterocycles. The average Bonchev–Trinajstić information content (AvgIpc) is 3.35. The fourth-order valence-electron chi connectivity index (χ4n) is 5.58. The molecule has 1 amide bonds. The van der Waals surface area contributed by atoms with E-state index in [1.807, 2.05) is 117 Å². The summed E-state index contributed by atoms with van der Waals surface area (Å²) in [5, 5.41) is 7.60. The largest absolute Gasteiger partial charge is 0.489 e. The molecule has 48 heavy (non-hydrogen) atoms. The Balaban J connectivity index is 1.32. The van der Waals surface area contributed by atoms with Crippen molar-refractivity contribution in [1.82, 2.24) is 9.78 Å². The second kappa shape index (κ2) is 14.1. The molecule has 8 nitrogen and oxygen atoms in total. The van der Waals surface area contributed by atoms with Crippen molar-refractivity contribution in [3.05, 3.63) is 143 Å². The molecule has 0 fully saturated rings. The number of rotatable bonds is 11. The lowest BCUT2D eigenvalue weighted by Gasteiger charge is -2.17. The van der Waals surface area contributed by atoms with E-state index in [4.69, 9.17) is 14.2 Å². The lowest BCUT2D eigenvalue weighted by atomic mass is 9.92. The van der Waals surface area contributed by atoms with Crippen LogP contribution in [0.4, 0.5) is 5.69 Å². The van der Waals surface area contributed by atoms with E-state index in [1.54, 1.807) is 30.3 Å². The van der Waals surface area contributed by atoms with E-state index in [2.05, 4.69) is 10.4 Å². The first kappa shape index (κ1) is 31.8. The van der Waals surface area contributed by atoms with Crippen LogP contribution in [0.2, 0.25) is 0 Å². The number of aromatic nitrogens is 2. The van der Waals surface area contributed by atoms with Crippen molar-refractivity contribution in [3.63, 3.8) is 0 Å². The minimum Gasteiger partial charge on any atom is -0.489 e. The Bertz CT molecular complexity index is 2070. The minimum absolute atomic E-state index is 0.215. The lowest BCUT2D eigenvalue weighted by Crippen LogP contribution is -2.13. The summed E-state index contributed by atoms with van der Waals surface area (Å²) in [6.45, 7) is 6.75. The number of carbonyl (C=O) groups is 2. The van der Waals surface area contributed by atoms with Crippen LogP contribution in [0.5, 0.6) is 23.0 Å². The van der Waals surface area contributed by atoms with Gasteiger partial charge in [-0.2, -0.15) is 5.10 Å². The number of nitrogens with zero attached hydrogens (tertiary/aromatic N) is 2. The number of para-hydroxylation sites is 1. The zero-order valence-corrected chi connectivity index (χ0v) is 27.2. The Morgan fingerprint density at radius 2 is 1.50 bits per heavy atom. The standard InChI is InChI=1S/C40H35N3O5/c1-26-9-8-12-34(21-26)46-24-29-13-15-30(16-14-29)35-23-38(47-25-44)37(22-36(35)39-27(2)42-43(4)28(39)3)41-40(45)31-17-19-33(20-18-31)48-32-10-6-5-7-11-32/h5-23,25H,24H2,1-4H3,(H,41,45). The van der Waals surface area contributed by atoms with E-state index in [9.17, 15) is 9.59 Å². The Hall–Kier alpha value is -6.15. The van der Waals surface area contributed by atoms with E-state index in [0.29, 0.717) is 35.8 Å². The zero-order chi connectivity index (χ0) is 33.6. The van der Waals surface area contributed by atoms with Gasteiger partial charge in [-0.15, -0.1) is 0 Å². The number of benzene rings is 5. The van der Waals surface area contributed by atoms with Crippen molar-refractivity contribution >= 4 is 18.1 Å². The molecular weight excluding hydrogens is 602 g/mol. The minimum atomic E-state index is -0.367. The van der Waals surface area contributed by atoms with Crippen LogP contribution in [0.3, 0.4) is 0 Å². The van der Waals surface area contributed by atoms with E-state index in [1.165, 1.54) is 0 Å². The van der Waals surface area contributed by atoms with Crippen molar-refractivity contribution in [1.29, 1.82) is 0 Å². The highest BCUT2D eigenvalue weighted by molar-refractivity contribution is 6.06. The number of ether oxygens (including phenoxy) is 3. The molecule has 0 unspecified atom stereocenters. The number of nitrogens with one attached hydrogen (secondary N) is 1. The molecule has 0 aliphatic rings. The maximum absolute atomic E-state index is 13.5. The summed E-state index contributed by atoms with van der Waals surface area (Å²) in [5.74, 6) is 1.96. The Morgan fingerprint density at radius 1 is 0.792 bits per heavy atom. The summed E-state index contributed by atoms with van der Waals surface area (Å²) < 4.78 is 19.1. The predicted octanol–water partition coefficient (Wildman–Crippen LogP) is 8.84. The maximum atomic E-state index is 13.5. The van der Waals surface area contributed by atoms with Crippen LogP contribution in [-0.4, -0.2) is 22.2 Å². The van der Waals surface area contributed by atoms with Gasteiger partial charge in [0.15, 0.2) is 5.75 Å². The summed E-state index contributed by atoms with van der Waals surface area (Å²) in [7, 11) is 1.90. The molecular formula is C40H35N3O5. The topological polar surface area (TPSA) is 91.7 Å². The molecule has 0 saturated heterocycles. The predicted molar refractivity (Wildman–Crippen MR) is 187 cm³/mol. The fourth-order valence-corrected chi connectivity index (χ4v) is 5.58. The van der Waals surface area contributed by atoms with Gasteiger partial charge in [-0.1, -0.05) is 54.6 Å². The van der Waals surface area contributed by atoms with Gasteiger partial charge in [0.25, 0.3) is 12.4 Å². The van der Waals surface area contributed by atoms with Crippen LogP contribution < -0.4 is 19.5 Å². The Morgan fingerprint density at radius 3 is 2.17 bits per heavy atom. The number of anilines is 1. The molecule has 240 valence electrons. The Kier molecular flexibility index (Phi) is 9.34. The molecule has 0 aliphatic carbocycles. The van der Waals surface area contributed by atoms with Gasteiger partial charge in [0, 0.05) is 23.9 Å². The molecule has 0 spiro atoms. The van der Waals surface area contributed by atoms with Gasteiger partial charge in [-0.25, -0.2) is 0 Å². The van der Waals surface area contributed by atoms with Crippen LogP contribution in [0.15, 0.2) is 115 Å². The molecule has 1 aromatic heterocycles. The van der Waals surface area contributed by atoms with Gasteiger partial charge in [0.2, 0.25) is 0 Å². The smallest absolute Gasteiger partial charge is 0.298 e. The van der Waals surface area contributed by atoms with Gasteiger partial charge in [-0.05, 0) is 109 Å². The van der Waals surface area contributed by atoms with Crippen LogP contribution in [-0.2, 0) is 18.4 Å². The van der Waals surface area contributed by atoms with Gasteiger partial charge in [0.05, 0.1) is 11.4 Å². The third-order valence-corrected chi connectivity index (χ3v) is 8.08. The molecule has 0 bridgehead atoms. The first-order chi connectivity index (χ1) is 23.3. The molecule has 8 heteroatoms. The first-order valence-corrected chi connectivity index (χ1v) is 15.5. The van der Waals surface area contributed by atoms with Crippen molar-refractivity contribution < 1.29 is 23.8 Å². The third-order valence-electron chi connectivity index (χ3n) is 8.08. The third kappa shape index (κ3) is 7.13. The van der Waals surface area contributed by atoms with E-state index in [-0.39, 0.29) is 11.7 Å². The summed E-state index contributed by atoms with van der Waals surface area (Å²) in [6, 6.07) is 35.9. The molecule has 1 N–H and O–H groups in total. The van der Waals surface area contributed by atoms with E-state index < -0.39 is 0 Å². The number of hydrogen-bond donors (Lipinski definition) is 1. The molecule has 5 aromatic carbocycles. The van der Waals surface area contributed by atoms with Crippen LogP contribution >= 0.6 is 0 Å². The van der Waals surface area contributed by atoms with E-state index >= 15 is 0 Å². The summed E-state index contributed by atoms with van der Waals surface area (Å²) >= 11 is 0. The summed E-state index contributed by atoms with van der Waals surface area (Å²) in [6.07, 6.45) is 0. The van der Waals surface area contributed by atoms with Crippen molar-refractivity contribution in [2.45, 2.75) is 27.4 Å². The molecule has 0 aliphatic heterocycles. The molecule has 6 rings (SSSR count). The normalized spacial score (nSPS) is 10.8. The van der Waals surface area contributed by atoms with Gasteiger partial charge in [-0.3, -0.25) is 14.3 Å². The van der Waals surface area contributed by atoms with Gasteiger partial charge < -0.3 is 19.5 Å². The second-order valence-electron chi connectivity index (χ2n) is 11.5. The fraction of sp³-hybridized carbons (Fsp3) is 0.125. The highest BCUT2D eigenvalue weighted by atomic mass is 16.5. The number of amides is 1. The zero-order valence-electron chi connectivity index (χ0n) is 27.2. The van der Waals surface area contributed by atoms with E-state index in [0.717, 1.165) is 50.5 Å². The van der Waals surface area contributed by atoms with Crippen molar-refractivity contribution in [2.24, 2.45) is 7.05 Å². The molecule has 0 atom stereocenters. The molecule has 0 saturated carbocycles. The number of carbonyl (C=O) groups excluding carboxylic acids is 2.